The predicted octanol–water partition coefficient (Wildman–Crippen LogP) is -0.143. The largest absolute Gasteiger partial charge is 0.445 e. The van der Waals surface area contributed by atoms with Crippen LogP contribution in [0.25, 0.3) is 0 Å². The molecule has 0 rings (SSSR count). The lowest BCUT2D eigenvalue weighted by molar-refractivity contribution is 0.158. The lowest BCUT2D eigenvalue weighted by Gasteiger charge is -2.01. The van der Waals surface area contributed by atoms with Gasteiger partial charge >= 0.3 is 6.09 Å². The maximum absolute atomic E-state index is 10.5. The molecule has 0 aliphatic rings. The molecule has 0 radical (unpaired) electrons. The fourth-order valence-electron chi connectivity index (χ4n) is 0.360. The minimum absolute atomic E-state index is 0.233. The molecule has 0 aliphatic heterocycles. The zero-order chi connectivity index (χ0) is 7.82. The lowest BCUT2D eigenvalue weighted by Crippen LogP contribution is -2.29. The van der Waals surface area contributed by atoms with Gasteiger partial charge in [0.15, 0.2) is 0 Å². The Morgan fingerprint density at radius 1 is 1.80 bits per heavy atom. The first-order valence-electron chi connectivity index (χ1n) is 3.03. The molecule has 4 nitrogen and oxygen atoms in total. The number of carbonyl (C=O) groups excluding carboxylic acids is 1. The number of nitrogens with one attached hydrogen (secondary N) is 1. The SMILES string of the molecule is C=CCOC(=O)NCCN. The maximum atomic E-state index is 10.5. The minimum Gasteiger partial charge on any atom is -0.445 e. The summed E-state index contributed by atoms with van der Waals surface area (Å²) in [6, 6.07) is 0. The van der Waals surface area contributed by atoms with Gasteiger partial charge in [-0.25, -0.2) is 4.79 Å². The second-order valence-corrected chi connectivity index (χ2v) is 1.60. The van der Waals surface area contributed by atoms with Crippen molar-refractivity contribution in [3.8, 4) is 0 Å². The third-order valence-electron chi connectivity index (χ3n) is 0.746. The molecule has 0 aromatic rings. The van der Waals surface area contributed by atoms with Gasteiger partial charge in [-0.05, 0) is 0 Å². The Morgan fingerprint density at radius 2 is 2.50 bits per heavy atom. The number of rotatable bonds is 4. The first-order valence-corrected chi connectivity index (χ1v) is 3.03. The van der Waals surface area contributed by atoms with Gasteiger partial charge in [0.05, 0.1) is 0 Å². The average molecular weight is 144 g/mol. The topological polar surface area (TPSA) is 64.3 Å². The number of hydrogen-bond acceptors (Lipinski definition) is 3. The number of ether oxygens (including phenoxy) is 1. The summed E-state index contributed by atoms with van der Waals surface area (Å²) in [5.74, 6) is 0. The molecule has 0 spiro atoms. The second kappa shape index (κ2) is 6.10. The smallest absolute Gasteiger partial charge is 0.407 e. The van der Waals surface area contributed by atoms with E-state index in [0.717, 1.165) is 0 Å². The molecule has 1 amide bonds. The molecule has 58 valence electrons. The van der Waals surface area contributed by atoms with Crippen LogP contribution < -0.4 is 11.1 Å². The second-order valence-electron chi connectivity index (χ2n) is 1.60. The van der Waals surface area contributed by atoms with Gasteiger partial charge in [0.1, 0.15) is 6.61 Å². The highest BCUT2D eigenvalue weighted by atomic mass is 16.5. The third kappa shape index (κ3) is 5.11. The summed E-state index contributed by atoms with van der Waals surface area (Å²) in [6.07, 6.45) is 1.05. The zero-order valence-electron chi connectivity index (χ0n) is 5.80. The minimum atomic E-state index is -0.453. The Bertz CT molecular complexity index is 114. The highest BCUT2D eigenvalue weighted by Crippen LogP contribution is 1.75. The Morgan fingerprint density at radius 3 is 3.00 bits per heavy atom. The Kier molecular flexibility index (Phi) is 5.47. The van der Waals surface area contributed by atoms with Crippen LogP contribution in [0.3, 0.4) is 0 Å². The standard InChI is InChI=1S/C6H12N2O2/c1-2-5-10-6(9)8-4-3-7/h2H,1,3-5,7H2,(H,8,9). The van der Waals surface area contributed by atoms with Crippen molar-refractivity contribution in [2.24, 2.45) is 5.73 Å². The Balaban J connectivity index is 3.16. The molecule has 3 N–H and O–H groups in total. The molecule has 0 aliphatic carbocycles. The van der Waals surface area contributed by atoms with Gasteiger partial charge in [-0.1, -0.05) is 12.7 Å². The number of hydrogen-bond donors (Lipinski definition) is 2. The first kappa shape index (κ1) is 8.97. The normalized spacial score (nSPS) is 8.50. The van der Waals surface area contributed by atoms with Crippen molar-refractivity contribution in [3.05, 3.63) is 12.7 Å². The van der Waals surface area contributed by atoms with E-state index in [0.29, 0.717) is 13.1 Å². The van der Waals surface area contributed by atoms with Crippen molar-refractivity contribution >= 4 is 6.09 Å². The summed E-state index contributed by atoms with van der Waals surface area (Å²) in [5.41, 5.74) is 5.12. The average Bonchev–Trinajstić information content (AvgIpc) is 1.97. The van der Waals surface area contributed by atoms with E-state index < -0.39 is 6.09 Å². The highest BCUT2D eigenvalue weighted by Gasteiger charge is 1.95. The molecule has 0 heterocycles. The van der Waals surface area contributed by atoms with Crippen LogP contribution >= 0.6 is 0 Å². The number of carbonyl (C=O) groups is 1. The molecule has 0 atom stereocenters. The molecular weight excluding hydrogens is 132 g/mol. The van der Waals surface area contributed by atoms with E-state index in [-0.39, 0.29) is 6.61 Å². The van der Waals surface area contributed by atoms with Gasteiger partial charge in [0.2, 0.25) is 0 Å². The molecule has 4 heteroatoms. The van der Waals surface area contributed by atoms with E-state index in [4.69, 9.17) is 5.73 Å². The van der Waals surface area contributed by atoms with Crippen LogP contribution in [0.2, 0.25) is 0 Å². The molecule has 0 saturated carbocycles. The van der Waals surface area contributed by atoms with Gasteiger partial charge in [-0.3, -0.25) is 0 Å². The summed E-state index contributed by atoms with van der Waals surface area (Å²) in [5, 5.41) is 2.43. The molecule has 10 heavy (non-hydrogen) atoms. The summed E-state index contributed by atoms with van der Waals surface area (Å²) in [4.78, 5) is 10.5. The van der Waals surface area contributed by atoms with Crippen molar-refractivity contribution in [1.82, 2.24) is 5.32 Å². The van der Waals surface area contributed by atoms with Gasteiger partial charge in [-0.15, -0.1) is 0 Å². The Labute approximate surface area is 60.0 Å². The van der Waals surface area contributed by atoms with Crippen molar-refractivity contribution in [1.29, 1.82) is 0 Å². The van der Waals surface area contributed by atoms with E-state index >= 15 is 0 Å². The molecule has 0 unspecified atom stereocenters. The van der Waals surface area contributed by atoms with E-state index in [9.17, 15) is 4.79 Å². The summed E-state index contributed by atoms with van der Waals surface area (Å²) in [6.45, 7) is 4.48. The van der Waals surface area contributed by atoms with Crippen LogP contribution in [0.15, 0.2) is 12.7 Å². The van der Waals surface area contributed by atoms with E-state index in [1.165, 1.54) is 6.08 Å². The molecule has 0 saturated heterocycles. The summed E-state index contributed by atoms with van der Waals surface area (Å²) < 4.78 is 4.57. The quantitative estimate of drug-likeness (QED) is 0.539. The summed E-state index contributed by atoms with van der Waals surface area (Å²) >= 11 is 0. The van der Waals surface area contributed by atoms with E-state index in [1.807, 2.05) is 0 Å². The molecule has 0 aromatic carbocycles. The molecule has 0 bridgehead atoms. The van der Waals surface area contributed by atoms with Crippen LogP contribution in [-0.4, -0.2) is 25.8 Å². The number of alkyl carbamates (subject to hydrolysis) is 1. The zero-order valence-corrected chi connectivity index (χ0v) is 5.80. The summed E-state index contributed by atoms with van der Waals surface area (Å²) in [7, 11) is 0. The van der Waals surface area contributed by atoms with Crippen molar-refractivity contribution < 1.29 is 9.53 Å². The van der Waals surface area contributed by atoms with Gasteiger partial charge < -0.3 is 15.8 Å². The van der Waals surface area contributed by atoms with Crippen molar-refractivity contribution in [2.45, 2.75) is 0 Å². The molecular formula is C6H12N2O2. The number of nitrogens with two attached hydrogens (primary N) is 1. The van der Waals surface area contributed by atoms with Crippen molar-refractivity contribution in [2.75, 3.05) is 19.7 Å². The monoisotopic (exact) mass is 144 g/mol. The fraction of sp³-hybridized carbons (Fsp3) is 0.500. The van der Waals surface area contributed by atoms with Crippen LogP contribution in [-0.2, 0) is 4.74 Å². The van der Waals surface area contributed by atoms with Crippen LogP contribution in [0.5, 0.6) is 0 Å². The number of amides is 1. The highest BCUT2D eigenvalue weighted by molar-refractivity contribution is 5.67. The van der Waals surface area contributed by atoms with Crippen LogP contribution in [0.1, 0.15) is 0 Å². The van der Waals surface area contributed by atoms with Gasteiger partial charge in [0, 0.05) is 13.1 Å². The fourth-order valence-corrected chi connectivity index (χ4v) is 0.360. The Hall–Kier alpha value is -1.03. The van der Waals surface area contributed by atoms with Crippen LogP contribution in [0.4, 0.5) is 4.79 Å². The van der Waals surface area contributed by atoms with Crippen molar-refractivity contribution in [3.63, 3.8) is 0 Å². The van der Waals surface area contributed by atoms with E-state index in [2.05, 4.69) is 16.6 Å². The molecule has 0 fully saturated rings. The van der Waals surface area contributed by atoms with Gasteiger partial charge in [0.25, 0.3) is 0 Å². The lowest BCUT2D eigenvalue weighted by atomic mass is 10.6. The maximum Gasteiger partial charge on any atom is 0.407 e. The first-order chi connectivity index (χ1) is 4.81. The predicted molar refractivity (Wildman–Crippen MR) is 38.6 cm³/mol. The molecule has 0 aromatic heterocycles. The van der Waals surface area contributed by atoms with E-state index in [1.54, 1.807) is 0 Å². The third-order valence-corrected chi connectivity index (χ3v) is 0.746. The van der Waals surface area contributed by atoms with Gasteiger partial charge in [-0.2, -0.15) is 0 Å². The van der Waals surface area contributed by atoms with Crippen LogP contribution in [0, 0.1) is 0 Å².